The Morgan fingerprint density at radius 2 is 1.95 bits per heavy atom. The van der Waals surface area contributed by atoms with E-state index in [9.17, 15) is 5.11 Å². The first-order chi connectivity index (χ1) is 9.62. The monoisotopic (exact) mass is 289 g/mol. The molecule has 0 radical (unpaired) electrons. The van der Waals surface area contributed by atoms with Gasteiger partial charge in [-0.3, -0.25) is 0 Å². The van der Waals surface area contributed by atoms with Crippen LogP contribution in [0.4, 0.5) is 0 Å². The molecule has 2 rings (SSSR count). The molecular weight excluding hydrogens is 266 g/mol. The summed E-state index contributed by atoms with van der Waals surface area (Å²) in [7, 11) is 0. The van der Waals surface area contributed by atoms with E-state index in [2.05, 4.69) is 18.8 Å². The Balaban J connectivity index is 2.53. The van der Waals surface area contributed by atoms with E-state index in [1.165, 1.54) is 0 Å². The molecular formula is C17H23NOS. The highest BCUT2D eigenvalue weighted by Crippen LogP contribution is 2.42. The van der Waals surface area contributed by atoms with Crippen LogP contribution < -0.4 is 0 Å². The molecule has 1 heterocycles. The molecule has 0 spiro atoms. The second-order valence-electron chi connectivity index (χ2n) is 5.30. The van der Waals surface area contributed by atoms with Crippen LogP contribution in [0.15, 0.2) is 36.5 Å². The largest absolute Gasteiger partial charge is 0.378 e. The molecule has 0 aliphatic carbocycles. The number of aryl methyl sites for hydroxylation is 1. The summed E-state index contributed by atoms with van der Waals surface area (Å²) in [6.45, 7) is 6.35. The van der Waals surface area contributed by atoms with Crippen molar-refractivity contribution < 1.29 is 5.11 Å². The molecule has 2 aromatic rings. The van der Waals surface area contributed by atoms with Crippen LogP contribution in [-0.2, 0) is 5.60 Å². The fraction of sp³-hybridized carbons (Fsp3) is 0.471. The van der Waals surface area contributed by atoms with E-state index in [-0.39, 0.29) is 5.92 Å². The Bertz CT molecular complexity index is 537. The van der Waals surface area contributed by atoms with Crippen molar-refractivity contribution in [2.75, 3.05) is 0 Å². The van der Waals surface area contributed by atoms with Gasteiger partial charge in [0.1, 0.15) is 10.6 Å². The number of aliphatic hydroxyl groups is 1. The maximum atomic E-state index is 11.5. The number of aromatic nitrogens is 1. The number of rotatable bonds is 6. The molecule has 0 fully saturated rings. The first-order valence-corrected chi connectivity index (χ1v) is 8.15. The van der Waals surface area contributed by atoms with E-state index < -0.39 is 5.60 Å². The molecule has 1 N–H and O–H groups in total. The first-order valence-electron chi connectivity index (χ1n) is 7.33. The van der Waals surface area contributed by atoms with Crippen molar-refractivity contribution >= 4 is 11.3 Å². The molecule has 0 bridgehead atoms. The van der Waals surface area contributed by atoms with Crippen molar-refractivity contribution in [3.05, 3.63) is 52.0 Å². The lowest BCUT2D eigenvalue weighted by atomic mass is 9.78. The molecule has 0 amide bonds. The van der Waals surface area contributed by atoms with Crippen molar-refractivity contribution in [2.45, 2.75) is 45.6 Å². The second kappa shape index (κ2) is 6.51. The number of nitrogens with zero attached hydrogens (tertiary/aromatic N) is 1. The number of benzene rings is 1. The summed E-state index contributed by atoms with van der Waals surface area (Å²) in [5.41, 5.74) is -0.0139. The average molecular weight is 289 g/mol. The number of thiazole rings is 1. The second-order valence-corrected chi connectivity index (χ2v) is 6.54. The van der Waals surface area contributed by atoms with E-state index in [0.29, 0.717) is 0 Å². The van der Waals surface area contributed by atoms with Gasteiger partial charge in [-0.05, 0) is 31.2 Å². The minimum absolute atomic E-state index is 0.195. The van der Waals surface area contributed by atoms with E-state index in [4.69, 9.17) is 0 Å². The van der Waals surface area contributed by atoms with E-state index in [0.717, 1.165) is 34.7 Å². The van der Waals surface area contributed by atoms with Crippen LogP contribution in [0.1, 0.15) is 48.6 Å². The molecule has 2 nitrogen and oxygen atoms in total. The molecule has 0 aliphatic rings. The Kier molecular flexibility index (Phi) is 4.95. The predicted octanol–water partition coefficient (Wildman–Crippen LogP) is 4.51. The van der Waals surface area contributed by atoms with Gasteiger partial charge in [0.2, 0.25) is 0 Å². The van der Waals surface area contributed by atoms with Gasteiger partial charge in [-0.25, -0.2) is 4.98 Å². The minimum atomic E-state index is -0.967. The average Bonchev–Trinajstić information content (AvgIpc) is 2.92. The molecule has 0 saturated carbocycles. The standard InChI is InChI=1S/C17H23NOS/c1-4-9-14(5-2)17(19,15-10-7-6-8-11-15)16-18-12-13(3)20-16/h6-8,10-12,14,19H,4-5,9H2,1-3H3. The van der Waals surface area contributed by atoms with Gasteiger partial charge >= 0.3 is 0 Å². The quantitative estimate of drug-likeness (QED) is 0.848. The Morgan fingerprint density at radius 3 is 2.45 bits per heavy atom. The SMILES string of the molecule is CCCC(CC)C(O)(c1ccccc1)c1ncc(C)s1. The van der Waals surface area contributed by atoms with Gasteiger partial charge < -0.3 is 5.11 Å². The molecule has 0 saturated heterocycles. The lowest BCUT2D eigenvalue weighted by Gasteiger charge is -2.34. The van der Waals surface area contributed by atoms with Crippen LogP contribution in [0.5, 0.6) is 0 Å². The van der Waals surface area contributed by atoms with Crippen molar-refractivity contribution in [1.82, 2.24) is 4.98 Å². The third kappa shape index (κ3) is 2.79. The lowest BCUT2D eigenvalue weighted by molar-refractivity contribution is 0.00962. The van der Waals surface area contributed by atoms with Gasteiger partial charge in [0.15, 0.2) is 0 Å². The van der Waals surface area contributed by atoms with Gasteiger partial charge in [0.05, 0.1) is 0 Å². The van der Waals surface area contributed by atoms with Gasteiger partial charge in [-0.15, -0.1) is 11.3 Å². The molecule has 3 heteroatoms. The van der Waals surface area contributed by atoms with Crippen molar-refractivity contribution in [1.29, 1.82) is 0 Å². The Morgan fingerprint density at radius 1 is 1.25 bits per heavy atom. The Hall–Kier alpha value is -1.19. The summed E-state index contributed by atoms with van der Waals surface area (Å²) in [6, 6.07) is 9.97. The highest BCUT2D eigenvalue weighted by atomic mass is 32.1. The van der Waals surface area contributed by atoms with Crippen molar-refractivity contribution in [3.8, 4) is 0 Å². The normalized spacial score (nSPS) is 15.8. The zero-order chi connectivity index (χ0) is 14.6. The van der Waals surface area contributed by atoms with Gasteiger partial charge in [0.25, 0.3) is 0 Å². The number of hydrogen-bond donors (Lipinski definition) is 1. The zero-order valence-corrected chi connectivity index (χ0v) is 13.3. The van der Waals surface area contributed by atoms with Crippen LogP contribution in [0.2, 0.25) is 0 Å². The molecule has 1 aromatic heterocycles. The van der Waals surface area contributed by atoms with Gasteiger partial charge in [-0.2, -0.15) is 0 Å². The summed E-state index contributed by atoms with van der Waals surface area (Å²) in [5, 5.41) is 12.3. The molecule has 108 valence electrons. The van der Waals surface area contributed by atoms with E-state index >= 15 is 0 Å². The first kappa shape index (κ1) is 15.2. The fourth-order valence-corrected chi connectivity index (χ4v) is 3.77. The molecule has 2 unspecified atom stereocenters. The Labute approximate surface area is 125 Å². The molecule has 0 aliphatic heterocycles. The predicted molar refractivity (Wildman–Crippen MR) is 85.0 cm³/mol. The zero-order valence-electron chi connectivity index (χ0n) is 12.5. The smallest absolute Gasteiger partial charge is 0.144 e. The molecule has 20 heavy (non-hydrogen) atoms. The highest BCUT2D eigenvalue weighted by molar-refractivity contribution is 7.11. The van der Waals surface area contributed by atoms with Crippen LogP contribution >= 0.6 is 11.3 Å². The molecule has 2 atom stereocenters. The van der Waals surface area contributed by atoms with Crippen LogP contribution in [0.25, 0.3) is 0 Å². The minimum Gasteiger partial charge on any atom is -0.378 e. The third-order valence-corrected chi connectivity index (χ3v) is 4.92. The molecule has 1 aromatic carbocycles. The van der Waals surface area contributed by atoms with Crippen molar-refractivity contribution in [2.24, 2.45) is 5.92 Å². The highest BCUT2D eigenvalue weighted by Gasteiger charge is 2.41. The summed E-state index contributed by atoms with van der Waals surface area (Å²) >= 11 is 1.60. The third-order valence-electron chi connectivity index (χ3n) is 3.88. The van der Waals surface area contributed by atoms with Crippen LogP contribution in [-0.4, -0.2) is 10.1 Å². The van der Waals surface area contributed by atoms with E-state index in [1.54, 1.807) is 11.3 Å². The summed E-state index contributed by atoms with van der Waals surface area (Å²) in [5.74, 6) is 0.195. The summed E-state index contributed by atoms with van der Waals surface area (Å²) < 4.78 is 0. The van der Waals surface area contributed by atoms with Crippen LogP contribution in [0.3, 0.4) is 0 Å². The number of hydrogen-bond acceptors (Lipinski definition) is 3. The maximum Gasteiger partial charge on any atom is 0.144 e. The fourth-order valence-electron chi connectivity index (χ4n) is 2.81. The summed E-state index contributed by atoms with van der Waals surface area (Å²) in [6.07, 6.45) is 4.86. The maximum absolute atomic E-state index is 11.5. The lowest BCUT2D eigenvalue weighted by Crippen LogP contribution is -2.36. The summed E-state index contributed by atoms with van der Waals surface area (Å²) in [4.78, 5) is 5.62. The van der Waals surface area contributed by atoms with Gasteiger partial charge in [0, 0.05) is 11.1 Å². The van der Waals surface area contributed by atoms with Crippen LogP contribution in [0, 0.1) is 12.8 Å². The van der Waals surface area contributed by atoms with Crippen molar-refractivity contribution in [3.63, 3.8) is 0 Å². The van der Waals surface area contributed by atoms with E-state index in [1.807, 2.05) is 43.5 Å². The topological polar surface area (TPSA) is 33.1 Å². The van der Waals surface area contributed by atoms with Gasteiger partial charge in [-0.1, -0.05) is 50.6 Å².